The molecule has 0 spiro atoms. The monoisotopic (exact) mass is 253 g/mol. The predicted octanol–water partition coefficient (Wildman–Crippen LogP) is 0.262. The Hall–Kier alpha value is -2.18. The van der Waals surface area contributed by atoms with Crippen molar-refractivity contribution in [2.75, 3.05) is 32.7 Å². The third-order valence-corrected chi connectivity index (χ3v) is 2.28. The van der Waals surface area contributed by atoms with E-state index in [4.69, 9.17) is 0 Å². The lowest BCUT2D eigenvalue weighted by Crippen LogP contribution is -2.23. The summed E-state index contributed by atoms with van der Waals surface area (Å²) in [6, 6.07) is 1.64. The van der Waals surface area contributed by atoms with Crippen LogP contribution >= 0.6 is 0 Å². The number of ether oxygens (including phenoxy) is 2. The molecular weight excluding hydrogens is 238 g/mol. The molecule has 0 unspecified atom stereocenters. The maximum absolute atomic E-state index is 11.3. The summed E-state index contributed by atoms with van der Waals surface area (Å²) in [5, 5.41) is 0. The van der Waals surface area contributed by atoms with Crippen LogP contribution in [0.1, 0.15) is 17.0 Å². The molecular formula is C11H15N3O4. The molecule has 0 aliphatic heterocycles. The van der Waals surface area contributed by atoms with Gasteiger partial charge in [0.2, 0.25) is 5.82 Å². The van der Waals surface area contributed by atoms with Gasteiger partial charge >= 0.3 is 11.9 Å². The second-order valence-electron chi connectivity index (χ2n) is 3.48. The summed E-state index contributed by atoms with van der Waals surface area (Å²) >= 11 is 0. The number of rotatable bonds is 5. The average molecular weight is 253 g/mol. The number of nitrogens with zero attached hydrogens (tertiary/aromatic N) is 3. The first-order valence-electron chi connectivity index (χ1n) is 5.27. The van der Waals surface area contributed by atoms with Crippen molar-refractivity contribution in [2.45, 2.75) is 6.42 Å². The number of hydrogen-bond acceptors (Lipinski definition) is 7. The number of anilines is 1. The summed E-state index contributed by atoms with van der Waals surface area (Å²) in [7, 11) is 4.36. The Bertz CT molecular complexity index is 436. The van der Waals surface area contributed by atoms with Crippen LogP contribution in [0.3, 0.4) is 0 Å². The first-order valence-corrected chi connectivity index (χ1v) is 5.27. The van der Waals surface area contributed by atoms with Gasteiger partial charge < -0.3 is 14.4 Å². The van der Waals surface area contributed by atoms with Crippen LogP contribution in [0.15, 0.2) is 12.3 Å². The highest BCUT2D eigenvalue weighted by Gasteiger charge is 2.12. The third kappa shape index (κ3) is 3.69. The van der Waals surface area contributed by atoms with Crippen molar-refractivity contribution < 1.29 is 19.1 Å². The van der Waals surface area contributed by atoms with Gasteiger partial charge in [0.25, 0.3) is 0 Å². The van der Waals surface area contributed by atoms with Gasteiger partial charge in [-0.05, 0) is 6.07 Å². The van der Waals surface area contributed by atoms with Crippen LogP contribution in [0.5, 0.6) is 0 Å². The van der Waals surface area contributed by atoms with Gasteiger partial charge in [-0.15, -0.1) is 0 Å². The van der Waals surface area contributed by atoms with E-state index in [-0.39, 0.29) is 18.2 Å². The number of methoxy groups -OCH3 is 2. The van der Waals surface area contributed by atoms with Crippen LogP contribution in [0.2, 0.25) is 0 Å². The van der Waals surface area contributed by atoms with E-state index in [9.17, 15) is 9.59 Å². The first-order chi connectivity index (χ1) is 8.58. The van der Waals surface area contributed by atoms with E-state index < -0.39 is 5.97 Å². The first kappa shape index (κ1) is 13.9. The number of aromatic nitrogens is 2. The molecule has 1 aromatic rings. The third-order valence-electron chi connectivity index (χ3n) is 2.28. The second-order valence-corrected chi connectivity index (χ2v) is 3.48. The van der Waals surface area contributed by atoms with Gasteiger partial charge in [-0.25, -0.2) is 14.8 Å². The summed E-state index contributed by atoms with van der Waals surface area (Å²) in [6.45, 7) is 0.435. The number of hydrogen-bond donors (Lipinski definition) is 0. The molecule has 0 aliphatic rings. The predicted molar refractivity (Wildman–Crippen MR) is 63.3 cm³/mol. The van der Waals surface area contributed by atoms with Gasteiger partial charge in [-0.1, -0.05) is 0 Å². The molecule has 0 N–H and O–H groups in total. The van der Waals surface area contributed by atoms with Crippen molar-refractivity contribution in [1.82, 2.24) is 9.97 Å². The summed E-state index contributed by atoms with van der Waals surface area (Å²) in [5.41, 5.74) is 0. The minimum absolute atomic E-state index is 0.0140. The molecule has 1 heterocycles. The van der Waals surface area contributed by atoms with Crippen molar-refractivity contribution in [3.05, 3.63) is 18.1 Å². The van der Waals surface area contributed by atoms with E-state index in [0.717, 1.165) is 0 Å². The Morgan fingerprint density at radius 3 is 2.67 bits per heavy atom. The maximum Gasteiger partial charge on any atom is 0.376 e. The average Bonchev–Trinajstić information content (AvgIpc) is 2.43. The molecule has 0 amide bonds. The minimum Gasteiger partial charge on any atom is -0.469 e. The largest absolute Gasteiger partial charge is 0.469 e. The van der Waals surface area contributed by atoms with E-state index in [1.54, 1.807) is 18.0 Å². The Morgan fingerprint density at radius 1 is 1.33 bits per heavy atom. The molecule has 18 heavy (non-hydrogen) atoms. The molecule has 1 rings (SSSR count). The van der Waals surface area contributed by atoms with Crippen molar-refractivity contribution in [2.24, 2.45) is 0 Å². The SMILES string of the molecule is COC(=O)CCN(C)c1ccnc(C(=O)OC)n1. The van der Waals surface area contributed by atoms with Crippen molar-refractivity contribution in [1.29, 1.82) is 0 Å². The highest BCUT2D eigenvalue weighted by Crippen LogP contribution is 2.08. The van der Waals surface area contributed by atoms with Gasteiger partial charge in [0.1, 0.15) is 5.82 Å². The Kier molecular flexibility index (Phi) is 5.04. The molecule has 1 aromatic heterocycles. The van der Waals surface area contributed by atoms with Gasteiger partial charge in [0.05, 0.1) is 20.6 Å². The molecule has 7 heteroatoms. The molecule has 0 atom stereocenters. The zero-order valence-corrected chi connectivity index (χ0v) is 10.5. The zero-order valence-electron chi connectivity index (χ0n) is 10.5. The summed E-state index contributed by atoms with van der Waals surface area (Å²) in [6.07, 6.45) is 1.70. The number of carbonyl (C=O) groups is 2. The quantitative estimate of drug-likeness (QED) is 0.696. The highest BCUT2D eigenvalue weighted by atomic mass is 16.5. The Labute approximate surface area is 105 Å². The fourth-order valence-electron chi connectivity index (χ4n) is 1.23. The molecule has 0 aromatic carbocycles. The molecule has 0 saturated carbocycles. The van der Waals surface area contributed by atoms with Crippen LogP contribution in [-0.4, -0.2) is 49.7 Å². The molecule has 0 radical (unpaired) electrons. The number of esters is 2. The fraction of sp³-hybridized carbons (Fsp3) is 0.455. The van der Waals surface area contributed by atoms with E-state index in [1.807, 2.05) is 0 Å². The summed E-state index contributed by atoms with van der Waals surface area (Å²) < 4.78 is 9.07. The standard InChI is InChI=1S/C11H15N3O4/c1-14(7-5-9(15)17-2)8-4-6-12-10(13-8)11(16)18-3/h4,6H,5,7H2,1-3H3. The zero-order chi connectivity index (χ0) is 13.5. The van der Waals surface area contributed by atoms with Crippen LogP contribution in [-0.2, 0) is 14.3 Å². The van der Waals surface area contributed by atoms with Crippen molar-refractivity contribution in [3.63, 3.8) is 0 Å². The lowest BCUT2D eigenvalue weighted by molar-refractivity contribution is -0.140. The van der Waals surface area contributed by atoms with Crippen LogP contribution in [0, 0.1) is 0 Å². The molecule has 0 aliphatic carbocycles. The molecule has 98 valence electrons. The van der Waals surface area contributed by atoms with E-state index in [0.29, 0.717) is 12.4 Å². The van der Waals surface area contributed by atoms with Crippen LogP contribution in [0.25, 0.3) is 0 Å². The van der Waals surface area contributed by atoms with E-state index in [1.165, 1.54) is 20.4 Å². The lowest BCUT2D eigenvalue weighted by Gasteiger charge is -2.17. The maximum atomic E-state index is 11.3. The van der Waals surface area contributed by atoms with E-state index >= 15 is 0 Å². The minimum atomic E-state index is -0.599. The Morgan fingerprint density at radius 2 is 2.06 bits per heavy atom. The van der Waals surface area contributed by atoms with Gasteiger partial charge in [0, 0.05) is 19.8 Å². The Balaban J connectivity index is 2.71. The molecule has 7 nitrogen and oxygen atoms in total. The topological polar surface area (TPSA) is 81.6 Å². The molecule has 0 fully saturated rings. The van der Waals surface area contributed by atoms with Gasteiger partial charge in [0.15, 0.2) is 0 Å². The normalized spacial score (nSPS) is 9.72. The number of carbonyl (C=O) groups excluding carboxylic acids is 2. The summed E-state index contributed by atoms with van der Waals surface area (Å²) in [4.78, 5) is 31.8. The second kappa shape index (κ2) is 6.53. The lowest BCUT2D eigenvalue weighted by atomic mass is 10.4. The van der Waals surface area contributed by atoms with Crippen molar-refractivity contribution in [3.8, 4) is 0 Å². The molecule has 0 bridgehead atoms. The highest BCUT2D eigenvalue weighted by molar-refractivity contribution is 5.85. The van der Waals surface area contributed by atoms with Crippen LogP contribution < -0.4 is 4.90 Å². The fourth-order valence-corrected chi connectivity index (χ4v) is 1.23. The van der Waals surface area contributed by atoms with Gasteiger partial charge in [-0.3, -0.25) is 4.79 Å². The van der Waals surface area contributed by atoms with Crippen molar-refractivity contribution >= 4 is 17.8 Å². The molecule has 0 saturated heterocycles. The van der Waals surface area contributed by atoms with E-state index in [2.05, 4.69) is 19.4 Å². The van der Waals surface area contributed by atoms with Gasteiger partial charge in [-0.2, -0.15) is 0 Å². The van der Waals surface area contributed by atoms with Crippen LogP contribution in [0.4, 0.5) is 5.82 Å². The smallest absolute Gasteiger partial charge is 0.376 e. The summed E-state index contributed by atoms with van der Waals surface area (Å²) in [5.74, 6) is -0.378.